The molecule has 5 nitrogen and oxygen atoms in total. The largest absolute Gasteiger partial charge is 0.324 e. The van der Waals surface area contributed by atoms with Gasteiger partial charge in [0.2, 0.25) is 5.91 Å². The third-order valence-corrected chi connectivity index (χ3v) is 4.78. The molecule has 5 heteroatoms. The first-order chi connectivity index (χ1) is 10.6. The molecule has 2 N–H and O–H groups in total. The maximum atomic E-state index is 12.4. The molecule has 1 fully saturated rings. The van der Waals surface area contributed by atoms with Gasteiger partial charge in [-0.15, -0.1) is 0 Å². The Labute approximate surface area is 130 Å². The lowest BCUT2D eigenvalue weighted by Gasteiger charge is -2.39. The monoisotopic (exact) mass is 298 g/mol. The number of amides is 1. The zero-order valence-electron chi connectivity index (χ0n) is 13.3. The normalized spacial score (nSPS) is 16.1. The van der Waals surface area contributed by atoms with Gasteiger partial charge in [-0.2, -0.15) is 0 Å². The molecule has 1 aliphatic carbocycles. The number of anilines is 1. The van der Waals surface area contributed by atoms with Gasteiger partial charge in [0.25, 0.3) is 0 Å². The molecule has 22 heavy (non-hydrogen) atoms. The standard InChI is InChI=1S/C17H22N4O/c1-12-13(2)21(11-19-12)15-7-5-14(6-8-15)20-16(22)17(18-3)9-4-10-17/h5-8,11,18H,4,9-10H2,1-3H3,(H,20,22). The summed E-state index contributed by atoms with van der Waals surface area (Å²) in [6.07, 6.45) is 4.73. The van der Waals surface area contributed by atoms with Crippen LogP contribution in [0, 0.1) is 13.8 Å². The number of carbonyl (C=O) groups excluding carboxylic acids is 1. The van der Waals surface area contributed by atoms with Gasteiger partial charge >= 0.3 is 0 Å². The van der Waals surface area contributed by atoms with E-state index in [-0.39, 0.29) is 11.4 Å². The molecule has 0 bridgehead atoms. The highest BCUT2D eigenvalue weighted by Crippen LogP contribution is 2.32. The average Bonchev–Trinajstić information content (AvgIpc) is 2.79. The van der Waals surface area contributed by atoms with Crippen LogP contribution in [-0.2, 0) is 4.79 Å². The molecular formula is C17H22N4O. The summed E-state index contributed by atoms with van der Waals surface area (Å²) in [5, 5.41) is 6.17. The zero-order chi connectivity index (χ0) is 15.7. The molecule has 1 amide bonds. The molecule has 1 aliphatic rings. The fourth-order valence-electron chi connectivity index (χ4n) is 2.84. The molecule has 3 rings (SSSR count). The van der Waals surface area contributed by atoms with Crippen LogP contribution in [0.1, 0.15) is 30.7 Å². The van der Waals surface area contributed by atoms with E-state index in [2.05, 4.69) is 15.6 Å². The van der Waals surface area contributed by atoms with Crippen molar-refractivity contribution in [3.63, 3.8) is 0 Å². The van der Waals surface area contributed by atoms with Crippen LogP contribution in [0.5, 0.6) is 0 Å². The summed E-state index contributed by atoms with van der Waals surface area (Å²) in [7, 11) is 1.85. The van der Waals surface area contributed by atoms with Gasteiger partial charge in [-0.1, -0.05) is 0 Å². The van der Waals surface area contributed by atoms with Crippen LogP contribution < -0.4 is 10.6 Å². The minimum absolute atomic E-state index is 0.0589. The van der Waals surface area contributed by atoms with E-state index in [1.54, 1.807) is 0 Å². The number of hydrogen-bond acceptors (Lipinski definition) is 3. The summed E-state index contributed by atoms with van der Waals surface area (Å²) in [5.41, 5.74) is 3.64. The van der Waals surface area contributed by atoms with Gasteiger partial charge < -0.3 is 15.2 Å². The zero-order valence-corrected chi connectivity index (χ0v) is 13.3. The van der Waals surface area contributed by atoms with Gasteiger partial charge in [0.15, 0.2) is 0 Å². The Morgan fingerprint density at radius 3 is 2.36 bits per heavy atom. The molecular weight excluding hydrogens is 276 g/mol. The highest BCUT2D eigenvalue weighted by molar-refractivity contribution is 5.98. The van der Waals surface area contributed by atoms with E-state index in [1.165, 1.54) is 0 Å². The van der Waals surface area contributed by atoms with Crippen LogP contribution in [0.25, 0.3) is 5.69 Å². The average molecular weight is 298 g/mol. The Bertz CT molecular complexity index is 678. The molecule has 0 radical (unpaired) electrons. The quantitative estimate of drug-likeness (QED) is 0.912. The Morgan fingerprint density at radius 1 is 1.23 bits per heavy atom. The first-order valence-electron chi connectivity index (χ1n) is 7.67. The Kier molecular flexibility index (Phi) is 3.74. The number of aromatic nitrogens is 2. The van der Waals surface area contributed by atoms with E-state index in [0.29, 0.717) is 0 Å². The van der Waals surface area contributed by atoms with Crippen LogP contribution >= 0.6 is 0 Å². The van der Waals surface area contributed by atoms with Gasteiger partial charge in [-0.3, -0.25) is 4.79 Å². The fraction of sp³-hybridized carbons (Fsp3) is 0.412. The van der Waals surface area contributed by atoms with Crippen LogP contribution in [0.15, 0.2) is 30.6 Å². The molecule has 1 saturated carbocycles. The minimum atomic E-state index is -0.378. The van der Waals surface area contributed by atoms with Gasteiger partial charge in [-0.25, -0.2) is 4.98 Å². The Balaban J connectivity index is 1.75. The number of likely N-dealkylation sites (N-methyl/N-ethyl adjacent to an activating group) is 1. The summed E-state index contributed by atoms with van der Waals surface area (Å²) >= 11 is 0. The first kappa shape index (κ1) is 14.8. The van der Waals surface area contributed by atoms with Crippen molar-refractivity contribution in [1.82, 2.24) is 14.9 Å². The molecule has 1 heterocycles. The lowest BCUT2D eigenvalue weighted by molar-refractivity contribution is -0.125. The number of aryl methyl sites for hydroxylation is 1. The SMILES string of the molecule is CNC1(C(=O)Nc2ccc(-n3cnc(C)c3C)cc2)CCC1. The molecule has 1 aromatic carbocycles. The van der Waals surface area contributed by atoms with Gasteiger partial charge in [-0.05, 0) is 64.4 Å². The second-order valence-electron chi connectivity index (χ2n) is 5.97. The van der Waals surface area contributed by atoms with Crippen LogP contribution in [0.4, 0.5) is 5.69 Å². The van der Waals surface area contributed by atoms with Gasteiger partial charge in [0, 0.05) is 17.1 Å². The number of benzene rings is 1. The number of nitrogens with zero attached hydrogens (tertiary/aromatic N) is 2. The minimum Gasteiger partial charge on any atom is -0.324 e. The predicted octanol–water partition coefficient (Wildman–Crippen LogP) is 2.57. The van der Waals surface area contributed by atoms with Crippen molar-refractivity contribution in [2.75, 3.05) is 12.4 Å². The molecule has 1 aromatic heterocycles. The second kappa shape index (κ2) is 5.57. The summed E-state index contributed by atoms with van der Waals surface area (Å²) in [6.45, 7) is 4.04. The van der Waals surface area contributed by atoms with Crippen molar-refractivity contribution >= 4 is 11.6 Å². The molecule has 0 atom stereocenters. The van der Waals surface area contributed by atoms with Crippen molar-refractivity contribution in [1.29, 1.82) is 0 Å². The molecule has 0 aliphatic heterocycles. The predicted molar refractivity (Wildman–Crippen MR) is 87.3 cm³/mol. The lowest BCUT2D eigenvalue weighted by Crippen LogP contribution is -2.58. The molecule has 0 spiro atoms. The Morgan fingerprint density at radius 2 is 1.91 bits per heavy atom. The summed E-state index contributed by atoms with van der Waals surface area (Å²) in [4.78, 5) is 16.7. The van der Waals surface area contributed by atoms with Gasteiger partial charge in [0.1, 0.15) is 0 Å². The summed E-state index contributed by atoms with van der Waals surface area (Å²) < 4.78 is 2.04. The Hall–Kier alpha value is -2.14. The number of imidazole rings is 1. The number of hydrogen-bond donors (Lipinski definition) is 2. The first-order valence-corrected chi connectivity index (χ1v) is 7.67. The third-order valence-electron chi connectivity index (χ3n) is 4.78. The van der Waals surface area contributed by atoms with Crippen LogP contribution in [-0.4, -0.2) is 28.0 Å². The summed E-state index contributed by atoms with van der Waals surface area (Å²) in [6, 6.07) is 7.86. The van der Waals surface area contributed by atoms with Gasteiger partial charge in [0.05, 0.1) is 17.6 Å². The van der Waals surface area contributed by atoms with E-state index in [1.807, 2.05) is 56.1 Å². The molecule has 116 valence electrons. The lowest BCUT2D eigenvalue weighted by atomic mass is 9.76. The van der Waals surface area contributed by atoms with E-state index < -0.39 is 0 Å². The maximum Gasteiger partial charge on any atom is 0.244 e. The van der Waals surface area contributed by atoms with Crippen molar-refractivity contribution in [2.45, 2.75) is 38.6 Å². The fourth-order valence-corrected chi connectivity index (χ4v) is 2.84. The maximum absolute atomic E-state index is 12.4. The molecule has 0 unspecified atom stereocenters. The van der Waals surface area contributed by atoms with Crippen molar-refractivity contribution in [3.05, 3.63) is 42.0 Å². The van der Waals surface area contributed by atoms with E-state index >= 15 is 0 Å². The topological polar surface area (TPSA) is 59.0 Å². The molecule has 0 saturated heterocycles. The van der Waals surface area contributed by atoms with E-state index in [9.17, 15) is 4.79 Å². The van der Waals surface area contributed by atoms with Crippen molar-refractivity contribution in [2.24, 2.45) is 0 Å². The molecule has 2 aromatic rings. The highest BCUT2D eigenvalue weighted by atomic mass is 16.2. The number of carbonyl (C=O) groups is 1. The summed E-state index contributed by atoms with van der Waals surface area (Å²) in [5.74, 6) is 0.0589. The van der Waals surface area contributed by atoms with E-state index in [0.717, 1.165) is 42.0 Å². The van der Waals surface area contributed by atoms with E-state index in [4.69, 9.17) is 0 Å². The van der Waals surface area contributed by atoms with Crippen LogP contribution in [0.2, 0.25) is 0 Å². The smallest absolute Gasteiger partial charge is 0.244 e. The number of rotatable bonds is 4. The highest BCUT2D eigenvalue weighted by Gasteiger charge is 2.42. The second-order valence-corrected chi connectivity index (χ2v) is 5.97. The van der Waals surface area contributed by atoms with Crippen molar-refractivity contribution < 1.29 is 4.79 Å². The van der Waals surface area contributed by atoms with Crippen LogP contribution in [0.3, 0.4) is 0 Å². The third kappa shape index (κ3) is 2.41. The van der Waals surface area contributed by atoms with Crippen molar-refractivity contribution in [3.8, 4) is 5.69 Å². The number of nitrogens with one attached hydrogen (secondary N) is 2.